The molecule has 108 valence electrons. The van der Waals surface area contributed by atoms with Crippen LogP contribution in [0, 0.1) is 17.2 Å². The van der Waals surface area contributed by atoms with Crippen molar-refractivity contribution < 1.29 is 0 Å². The molecule has 1 aliphatic heterocycles. The van der Waals surface area contributed by atoms with Gasteiger partial charge in [-0.2, -0.15) is 5.26 Å². The van der Waals surface area contributed by atoms with E-state index in [9.17, 15) is 5.26 Å². The summed E-state index contributed by atoms with van der Waals surface area (Å²) in [6.45, 7) is 3.90. The van der Waals surface area contributed by atoms with Gasteiger partial charge < -0.3 is 10.6 Å². The second-order valence-electron chi connectivity index (χ2n) is 5.71. The molecule has 1 aliphatic rings. The normalized spacial score (nSPS) is 17.7. The zero-order chi connectivity index (χ0) is 14.8. The quantitative estimate of drug-likeness (QED) is 0.911. The van der Waals surface area contributed by atoms with Crippen LogP contribution in [-0.2, 0) is 0 Å². The molecule has 2 aromatic rings. The van der Waals surface area contributed by atoms with Crippen LogP contribution in [0.3, 0.4) is 0 Å². The molecule has 1 saturated heterocycles. The first kappa shape index (κ1) is 13.8. The molecular weight excluding hydrogens is 262 g/mol. The number of nitriles is 1. The molecule has 2 heterocycles. The molecule has 0 radical (unpaired) electrons. The summed E-state index contributed by atoms with van der Waals surface area (Å²) >= 11 is 0. The van der Waals surface area contributed by atoms with E-state index in [0.29, 0.717) is 11.6 Å². The molecule has 0 amide bonds. The highest BCUT2D eigenvalue weighted by atomic mass is 15.2. The van der Waals surface area contributed by atoms with Crippen molar-refractivity contribution in [2.45, 2.75) is 25.8 Å². The Hall–Kier alpha value is -2.19. The molecule has 21 heavy (non-hydrogen) atoms. The average Bonchev–Trinajstić information content (AvgIpc) is 2.53. The minimum atomic E-state index is 0.231. The van der Waals surface area contributed by atoms with E-state index in [2.05, 4.69) is 28.1 Å². The Bertz CT molecular complexity index is 681. The fraction of sp³-hybridized carbons (Fsp3) is 0.438. The van der Waals surface area contributed by atoms with E-state index in [1.165, 1.54) is 0 Å². The molecule has 0 spiro atoms. The minimum absolute atomic E-state index is 0.231. The zero-order valence-corrected chi connectivity index (χ0v) is 12.2. The highest BCUT2D eigenvalue weighted by Gasteiger charge is 2.25. The third-order valence-corrected chi connectivity index (χ3v) is 4.35. The molecule has 1 aromatic heterocycles. The largest absolute Gasteiger partial charge is 0.369 e. The van der Waals surface area contributed by atoms with Crippen LogP contribution >= 0.6 is 0 Å². The number of hydrogen-bond acceptors (Lipinski definition) is 5. The molecule has 3 rings (SSSR count). The Balaban J connectivity index is 1.99. The SMILES string of the molecule is CC(N)C1CCN(c2c(C#N)nnc3ccccc23)CC1. The van der Waals surface area contributed by atoms with Crippen molar-refractivity contribution in [2.24, 2.45) is 11.7 Å². The molecule has 1 fully saturated rings. The van der Waals surface area contributed by atoms with Crippen molar-refractivity contribution >= 4 is 16.6 Å². The minimum Gasteiger partial charge on any atom is -0.369 e. The summed E-state index contributed by atoms with van der Waals surface area (Å²) in [5.41, 5.74) is 8.17. The molecule has 0 bridgehead atoms. The van der Waals surface area contributed by atoms with Gasteiger partial charge in [0, 0.05) is 24.5 Å². The first-order valence-corrected chi connectivity index (χ1v) is 7.36. The maximum absolute atomic E-state index is 9.35. The Morgan fingerprint density at radius 1 is 1.29 bits per heavy atom. The molecule has 1 aromatic carbocycles. The maximum Gasteiger partial charge on any atom is 0.187 e. The first-order chi connectivity index (χ1) is 10.2. The molecule has 5 heteroatoms. The van der Waals surface area contributed by atoms with Crippen molar-refractivity contribution in [3.8, 4) is 6.07 Å². The summed E-state index contributed by atoms with van der Waals surface area (Å²) in [4.78, 5) is 2.26. The number of fused-ring (bicyclic) bond motifs is 1. The standard InChI is InChI=1S/C16H19N5/c1-11(18)12-6-8-21(9-7-12)16-13-4-2-3-5-14(13)19-20-15(16)10-17/h2-5,11-12H,6-9,18H2,1H3. The second-order valence-corrected chi connectivity index (χ2v) is 5.71. The van der Waals surface area contributed by atoms with Crippen molar-refractivity contribution in [1.29, 1.82) is 5.26 Å². The van der Waals surface area contributed by atoms with E-state index < -0.39 is 0 Å². The van der Waals surface area contributed by atoms with E-state index in [0.717, 1.165) is 42.5 Å². The van der Waals surface area contributed by atoms with Gasteiger partial charge in [-0.25, -0.2) is 0 Å². The monoisotopic (exact) mass is 281 g/mol. The van der Waals surface area contributed by atoms with Crippen LogP contribution in [0.1, 0.15) is 25.5 Å². The van der Waals surface area contributed by atoms with Crippen LogP contribution in [-0.4, -0.2) is 29.3 Å². The third-order valence-electron chi connectivity index (χ3n) is 4.35. The van der Waals surface area contributed by atoms with Crippen molar-refractivity contribution in [2.75, 3.05) is 18.0 Å². The Morgan fingerprint density at radius 3 is 2.67 bits per heavy atom. The van der Waals surface area contributed by atoms with Crippen LogP contribution in [0.5, 0.6) is 0 Å². The van der Waals surface area contributed by atoms with Crippen molar-refractivity contribution in [3.63, 3.8) is 0 Å². The van der Waals surface area contributed by atoms with E-state index in [4.69, 9.17) is 5.73 Å². The van der Waals surface area contributed by atoms with E-state index >= 15 is 0 Å². The Morgan fingerprint density at radius 2 is 2.00 bits per heavy atom. The Labute approximate surface area is 124 Å². The number of rotatable bonds is 2. The maximum atomic E-state index is 9.35. The van der Waals surface area contributed by atoms with Crippen LogP contribution in [0.15, 0.2) is 24.3 Å². The predicted molar refractivity (Wildman–Crippen MR) is 82.8 cm³/mol. The lowest BCUT2D eigenvalue weighted by Gasteiger charge is -2.35. The average molecular weight is 281 g/mol. The number of benzene rings is 1. The summed E-state index contributed by atoms with van der Waals surface area (Å²) < 4.78 is 0. The van der Waals surface area contributed by atoms with Crippen LogP contribution in [0.2, 0.25) is 0 Å². The van der Waals surface area contributed by atoms with Crippen LogP contribution in [0.25, 0.3) is 10.9 Å². The predicted octanol–water partition coefficient (Wildman–Crippen LogP) is 2.07. The molecule has 5 nitrogen and oxygen atoms in total. The molecule has 0 aliphatic carbocycles. The summed E-state index contributed by atoms with van der Waals surface area (Å²) in [5, 5.41) is 18.6. The summed E-state index contributed by atoms with van der Waals surface area (Å²) in [6, 6.07) is 10.3. The van der Waals surface area contributed by atoms with Crippen molar-refractivity contribution in [1.82, 2.24) is 10.2 Å². The van der Waals surface area contributed by atoms with Gasteiger partial charge in [0.25, 0.3) is 0 Å². The smallest absolute Gasteiger partial charge is 0.187 e. The van der Waals surface area contributed by atoms with Gasteiger partial charge >= 0.3 is 0 Å². The molecule has 1 unspecified atom stereocenters. The van der Waals surface area contributed by atoms with E-state index in [1.54, 1.807) is 0 Å². The number of nitrogens with two attached hydrogens (primary N) is 1. The summed E-state index contributed by atoms with van der Waals surface area (Å²) in [6.07, 6.45) is 2.11. The van der Waals surface area contributed by atoms with E-state index in [1.807, 2.05) is 24.3 Å². The number of nitrogens with zero attached hydrogens (tertiary/aromatic N) is 4. The first-order valence-electron chi connectivity index (χ1n) is 7.36. The highest BCUT2D eigenvalue weighted by molar-refractivity contribution is 5.93. The van der Waals surface area contributed by atoms with E-state index in [-0.39, 0.29) is 6.04 Å². The number of hydrogen-bond donors (Lipinski definition) is 1. The summed E-state index contributed by atoms with van der Waals surface area (Å²) in [7, 11) is 0. The fourth-order valence-corrected chi connectivity index (χ4v) is 3.08. The second kappa shape index (κ2) is 5.66. The van der Waals surface area contributed by atoms with Gasteiger partial charge in [0.05, 0.1) is 11.2 Å². The lowest BCUT2D eigenvalue weighted by Crippen LogP contribution is -2.40. The van der Waals surface area contributed by atoms with Gasteiger partial charge in [-0.3, -0.25) is 0 Å². The third kappa shape index (κ3) is 2.55. The van der Waals surface area contributed by atoms with Gasteiger partial charge in [-0.1, -0.05) is 18.2 Å². The van der Waals surface area contributed by atoms with Crippen LogP contribution < -0.4 is 10.6 Å². The zero-order valence-electron chi connectivity index (χ0n) is 12.2. The Kier molecular flexibility index (Phi) is 3.72. The number of piperidine rings is 1. The number of anilines is 1. The van der Waals surface area contributed by atoms with Gasteiger partial charge in [0.2, 0.25) is 0 Å². The molecular formula is C16H19N5. The van der Waals surface area contributed by atoms with Crippen LogP contribution in [0.4, 0.5) is 5.69 Å². The lowest BCUT2D eigenvalue weighted by atomic mass is 9.90. The molecule has 1 atom stereocenters. The van der Waals surface area contributed by atoms with Crippen molar-refractivity contribution in [3.05, 3.63) is 30.0 Å². The molecule has 2 N–H and O–H groups in total. The molecule has 0 saturated carbocycles. The lowest BCUT2D eigenvalue weighted by molar-refractivity contribution is 0.354. The highest BCUT2D eigenvalue weighted by Crippen LogP contribution is 2.31. The van der Waals surface area contributed by atoms with Gasteiger partial charge in [0.1, 0.15) is 6.07 Å². The topological polar surface area (TPSA) is 78.8 Å². The van der Waals surface area contributed by atoms with Gasteiger partial charge in [0.15, 0.2) is 5.69 Å². The fourth-order valence-electron chi connectivity index (χ4n) is 3.08. The van der Waals surface area contributed by atoms with Gasteiger partial charge in [-0.05, 0) is 31.7 Å². The van der Waals surface area contributed by atoms with Gasteiger partial charge in [-0.15, -0.1) is 10.2 Å². The number of aromatic nitrogens is 2. The summed E-state index contributed by atoms with van der Waals surface area (Å²) in [5.74, 6) is 0.563.